The Balaban J connectivity index is 1.55. The highest BCUT2D eigenvalue weighted by Crippen LogP contribution is 2.19. The Morgan fingerprint density at radius 2 is 2.05 bits per heavy atom. The molecule has 0 atom stereocenters. The molecule has 0 bridgehead atoms. The maximum atomic E-state index is 5.25. The zero-order chi connectivity index (χ0) is 15.2. The van der Waals surface area contributed by atoms with Crippen LogP contribution in [0.25, 0.3) is 0 Å². The predicted octanol–water partition coefficient (Wildman–Crippen LogP) is 2.74. The van der Waals surface area contributed by atoms with Crippen LogP contribution in [0.4, 0.5) is 11.6 Å². The molecule has 3 rings (SSSR count). The van der Waals surface area contributed by atoms with Crippen molar-refractivity contribution in [3.05, 3.63) is 42.2 Å². The molecule has 0 radical (unpaired) electrons. The predicted molar refractivity (Wildman–Crippen MR) is 88.7 cm³/mol. The average molecular weight is 298 g/mol. The molecule has 0 unspecified atom stereocenters. The summed E-state index contributed by atoms with van der Waals surface area (Å²) in [5.74, 6) is 2.81. The molecule has 1 aromatic heterocycles. The third-order valence-electron chi connectivity index (χ3n) is 3.94. The van der Waals surface area contributed by atoms with Crippen LogP contribution in [0.2, 0.25) is 0 Å². The molecule has 1 saturated heterocycles. The van der Waals surface area contributed by atoms with Gasteiger partial charge in [-0.2, -0.15) is 0 Å². The summed E-state index contributed by atoms with van der Waals surface area (Å²) in [6.07, 6.45) is 5.08. The highest BCUT2D eigenvalue weighted by molar-refractivity contribution is 5.49. The average Bonchev–Trinajstić information content (AvgIpc) is 3.10. The molecule has 116 valence electrons. The van der Waals surface area contributed by atoms with E-state index in [-0.39, 0.29) is 0 Å². The van der Waals surface area contributed by atoms with Gasteiger partial charge < -0.3 is 15.0 Å². The van der Waals surface area contributed by atoms with Crippen molar-refractivity contribution in [3.63, 3.8) is 0 Å². The fraction of sp³-hybridized carbons (Fsp3) is 0.412. The van der Waals surface area contributed by atoms with Crippen LogP contribution >= 0.6 is 0 Å². The lowest BCUT2D eigenvalue weighted by molar-refractivity contribution is 0.414. The molecule has 22 heavy (non-hydrogen) atoms. The molecule has 1 aliphatic rings. The second-order valence-electron chi connectivity index (χ2n) is 5.48. The number of rotatable bonds is 6. The zero-order valence-corrected chi connectivity index (χ0v) is 13.0. The van der Waals surface area contributed by atoms with Crippen molar-refractivity contribution in [2.45, 2.75) is 19.3 Å². The summed E-state index contributed by atoms with van der Waals surface area (Å²) in [5, 5.41) is 3.38. The van der Waals surface area contributed by atoms with Gasteiger partial charge in [0.05, 0.1) is 7.11 Å². The minimum absolute atomic E-state index is 0.837. The van der Waals surface area contributed by atoms with Gasteiger partial charge in [-0.25, -0.2) is 9.97 Å². The van der Waals surface area contributed by atoms with Gasteiger partial charge in [0.15, 0.2) is 0 Å². The van der Waals surface area contributed by atoms with Crippen LogP contribution in [0.5, 0.6) is 5.75 Å². The van der Waals surface area contributed by atoms with Crippen LogP contribution in [-0.4, -0.2) is 36.7 Å². The van der Waals surface area contributed by atoms with E-state index >= 15 is 0 Å². The normalized spacial score (nSPS) is 14.1. The first-order valence-electron chi connectivity index (χ1n) is 7.79. The van der Waals surface area contributed by atoms with Crippen molar-refractivity contribution in [3.8, 4) is 5.75 Å². The fourth-order valence-electron chi connectivity index (χ4n) is 2.73. The largest absolute Gasteiger partial charge is 0.497 e. The third-order valence-corrected chi connectivity index (χ3v) is 3.94. The van der Waals surface area contributed by atoms with Crippen molar-refractivity contribution < 1.29 is 4.74 Å². The lowest BCUT2D eigenvalue weighted by atomic mass is 10.1. The molecule has 1 aromatic carbocycles. The van der Waals surface area contributed by atoms with Crippen LogP contribution < -0.4 is 15.0 Å². The summed E-state index contributed by atoms with van der Waals surface area (Å²) in [5.41, 5.74) is 1.25. The van der Waals surface area contributed by atoms with Crippen molar-refractivity contribution in [1.82, 2.24) is 9.97 Å². The maximum absolute atomic E-state index is 5.25. The van der Waals surface area contributed by atoms with Crippen molar-refractivity contribution in [2.24, 2.45) is 0 Å². The van der Waals surface area contributed by atoms with Gasteiger partial charge in [0.25, 0.3) is 0 Å². The standard InChI is InChI=1S/C17H22N4O/c1-22-15-6-4-5-14(11-15)7-8-18-16-12-17(20-13-19-16)21-9-2-3-10-21/h4-6,11-13H,2-3,7-10H2,1H3,(H,18,19,20). The van der Waals surface area contributed by atoms with Gasteiger partial charge in [-0.15, -0.1) is 0 Å². The molecule has 0 aliphatic carbocycles. The van der Waals surface area contributed by atoms with E-state index < -0.39 is 0 Å². The molecule has 5 nitrogen and oxygen atoms in total. The Labute approximate surface area is 131 Å². The number of nitrogens with one attached hydrogen (secondary N) is 1. The lowest BCUT2D eigenvalue weighted by Crippen LogP contribution is -2.19. The SMILES string of the molecule is COc1cccc(CCNc2cc(N3CCCC3)ncn2)c1. The summed E-state index contributed by atoms with van der Waals surface area (Å²) >= 11 is 0. The van der Waals surface area contributed by atoms with Gasteiger partial charge in [0, 0.05) is 25.7 Å². The summed E-state index contributed by atoms with van der Waals surface area (Å²) < 4.78 is 5.25. The second kappa shape index (κ2) is 7.11. The summed E-state index contributed by atoms with van der Waals surface area (Å²) in [7, 11) is 1.69. The Bertz CT molecular complexity index is 611. The van der Waals surface area contributed by atoms with E-state index in [0.717, 1.165) is 43.4 Å². The van der Waals surface area contributed by atoms with Gasteiger partial charge in [-0.3, -0.25) is 0 Å². The molecule has 2 heterocycles. The van der Waals surface area contributed by atoms with Crippen LogP contribution in [0.15, 0.2) is 36.7 Å². The van der Waals surface area contributed by atoms with E-state index in [4.69, 9.17) is 4.74 Å². The van der Waals surface area contributed by atoms with E-state index in [2.05, 4.69) is 32.3 Å². The number of anilines is 2. The van der Waals surface area contributed by atoms with Crippen LogP contribution in [0.3, 0.4) is 0 Å². The molecule has 1 aliphatic heterocycles. The molecule has 1 fully saturated rings. The zero-order valence-electron chi connectivity index (χ0n) is 13.0. The molecule has 5 heteroatoms. The Hall–Kier alpha value is -2.30. The molecule has 0 saturated carbocycles. The van der Waals surface area contributed by atoms with Crippen molar-refractivity contribution >= 4 is 11.6 Å². The fourth-order valence-corrected chi connectivity index (χ4v) is 2.73. The molecule has 0 spiro atoms. The molecular formula is C17H22N4O. The van der Waals surface area contributed by atoms with E-state index in [1.54, 1.807) is 13.4 Å². The molecule has 0 amide bonds. The second-order valence-corrected chi connectivity index (χ2v) is 5.48. The Morgan fingerprint density at radius 1 is 1.18 bits per heavy atom. The van der Waals surface area contributed by atoms with Gasteiger partial charge in [0.1, 0.15) is 23.7 Å². The Morgan fingerprint density at radius 3 is 2.86 bits per heavy atom. The Kier molecular flexibility index (Phi) is 4.73. The van der Waals surface area contributed by atoms with Gasteiger partial charge in [-0.05, 0) is 37.0 Å². The first-order valence-corrected chi connectivity index (χ1v) is 7.79. The van der Waals surface area contributed by atoms with Crippen LogP contribution in [-0.2, 0) is 6.42 Å². The number of methoxy groups -OCH3 is 1. The molecular weight excluding hydrogens is 276 g/mol. The number of aromatic nitrogens is 2. The number of benzene rings is 1. The summed E-state index contributed by atoms with van der Waals surface area (Å²) in [4.78, 5) is 11.0. The molecule has 2 aromatic rings. The van der Waals surface area contributed by atoms with E-state index in [0.29, 0.717) is 0 Å². The van der Waals surface area contributed by atoms with Gasteiger partial charge in [0.2, 0.25) is 0 Å². The van der Waals surface area contributed by atoms with Crippen LogP contribution in [0.1, 0.15) is 18.4 Å². The third kappa shape index (κ3) is 3.67. The van der Waals surface area contributed by atoms with Gasteiger partial charge in [-0.1, -0.05) is 12.1 Å². The monoisotopic (exact) mass is 298 g/mol. The van der Waals surface area contributed by atoms with Crippen LogP contribution in [0, 0.1) is 0 Å². The van der Waals surface area contributed by atoms with E-state index in [1.807, 2.05) is 18.2 Å². The first-order chi connectivity index (χ1) is 10.8. The summed E-state index contributed by atoms with van der Waals surface area (Å²) in [6, 6.07) is 10.2. The lowest BCUT2D eigenvalue weighted by Gasteiger charge is -2.16. The van der Waals surface area contributed by atoms with Crippen molar-refractivity contribution in [2.75, 3.05) is 37.0 Å². The smallest absolute Gasteiger partial charge is 0.134 e. The maximum Gasteiger partial charge on any atom is 0.134 e. The van der Waals surface area contributed by atoms with E-state index in [9.17, 15) is 0 Å². The topological polar surface area (TPSA) is 50.3 Å². The number of hydrogen-bond donors (Lipinski definition) is 1. The highest BCUT2D eigenvalue weighted by atomic mass is 16.5. The summed E-state index contributed by atoms with van der Waals surface area (Å²) in [6.45, 7) is 3.03. The molecule has 1 N–H and O–H groups in total. The quantitative estimate of drug-likeness (QED) is 0.888. The first kappa shape index (κ1) is 14.6. The minimum atomic E-state index is 0.837. The minimum Gasteiger partial charge on any atom is -0.497 e. The number of nitrogens with zero attached hydrogens (tertiary/aromatic N) is 3. The van der Waals surface area contributed by atoms with E-state index in [1.165, 1.54) is 18.4 Å². The highest BCUT2D eigenvalue weighted by Gasteiger charge is 2.13. The number of hydrogen-bond acceptors (Lipinski definition) is 5. The van der Waals surface area contributed by atoms with Crippen molar-refractivity contribution in [1.29, 1.82) is 0 Å². The van der Waals surface area contributed by atoms with Gasteiger partial charge >= 0.3 is 0 Å². The number of ether oxygens (including phenoxy) is 1.